The molecule has 0 saturated carbocycles. The first-order valence-electron chi connectivity index (χ1n) is 15.6. The third kappa shape index (κ3) is 9.49. The van der Waals surface area contributed by atoms with E-state index in [1.165, 1.54) is 14.2 Å². The number of hydrogen-bond donors (Lipinski definition) is 4. The largest absolute Gasteiger partial charge is 0.490 e. The van der Waals surface area contributed by atoms with Gasteiger partial charge in [-0.1, -0.05) is 77.0 Å². The Morgan fingerprint density at radius 3 is 2.37 bits per heavy atom. The molecule has 0 aromatic heterocycles. The van der Waals surface area contributed by atoms with Gasteiger partial charge in [0.2, 0.25) is 5.76 Å². The maximum Gasteiger partial charge on any atom is 0.373 e. The number of allylic oxidation sites excluding steroid dienone is 5. The normalized spacial score (nSPS) is 37.3. The monoisotopic (exact) mass is 608 g/mol. The van der Waals surface area contributed by atoms with Crippen molar-refractivity contribution in [1.29, 1.82) is 0 Å². The number of carbonyl (C=O) groups is 1. The molecule has 246 valence electrons. The van der Waals surface area contributed by atoms with Crippen LogP contribution in [0.25, 0.3) is 0 Å². The topological polar surface area (TPSA) is 135 Å². The summed E-state index contributed by atoms with van der Waals surface area (Å²) in [6.45, 7) is 15.0. The molecule has 1 saturated heterocycles. The Bertz CT molecular complexity index is 1030. The Hall–Kier alpha value is -2.01. The summed E-state index contributed by atoms with van der Waals surface area (Å²) in [5.41, 5.74) is 1.78. The van der Waals surface area contributed by atoms with Gasteiger partial charge in [-0.2, -0.15) is 0 Å². The summed E-state index contributed by atoms with van der Waals surface area (Å²) >= 11 is 0. The van der Waals surface area contributed by atoms with Crippen LogP contribution in [-0.4, -0.2) is 83.0 Å². The Morgan fingerprint density at radius 1 is 1.14 bits per heavy atom. The second kappa shape index (κ2) is 16.3. The zero-order chi connectivity index (χ0) is 32.6. The lowest BCUT2D eigenvalue weighted by Crippen LogP contribution is -2.58. The minimum absolute atomic E-state index is 0.00306. The van der Waals surface area contributed by atoms with Gasteiger partial charge in [0.1, 0.15) is 12.2 Å². The van der Waals surface area contributed by atoms with Crippen molar-refractivity contribution < 1.29 is 44.2 Å². The molecular formula is C34H56O9. The van der Waals surface area contributed by atoms with Crippen LogP contribution in [0.3, 0.4) is 0 Å². The van der Waals surface area contributed by atoms with Crippen molar-refractivity contribution >= 4 is 5.97 Å². The molecule has 9 heteroatoms. The standard InChI is InChI=1S/C34H56O9/c1-11-27-23(6)26(35)18-34(39,43-27)25(8)31(37)24(7)32-28(40-9)14-12-13-19(2)15-21(4)30(36)22(5)16-20(3)17-29(41-10)33(38)42-32/h12-14,16-17,21-28,30-32,35-37,39H,11,15,18H2,1-10H3. The van der Waals surface area contributed by atoms with Gasteiger partial charge in [-0.25, -0.2) is 4.79 Å². The van der Waals surface area contributed by atoms with E-state index in [4.69, 9.17) is 18.9 Å². The van der Waals surface area contributed by atoms with Crippen molar-refractivity contribution in [2.75, 3.05) is 14.2 Å². The van der Waals surface area contributed by atoms with Crippen molar-refractivity contribution in [2.24, 2.45) is 29.6 Å². The molecule has 0 spiro atoms. The molecule has 0 aliphatic carbocycles. The molecule has 4 N–H and O–H groups in total. The number of esters is 1. The zero-order valence-corrected chi connectivity index (χ0v) is 27.7. The number of aliphatic hydroxyl groups is 4. The van der Waals surface area contributed by atoms with E-state index in [1.54, 1.807) is 26.0 Å². The highest BCUT2D eigenvalue weighted by Gasteiger charge is 2.50. The molecule has 0 aromatic rings. The predicted octanol–water partition coefficient (Wildman–Crippen LogP) is 4.45. The maximum absolute atomic E-state index is 13.5. The maximum atomic E-state index is 13.5. The molecule has 2 rings (SSSR count). The van der Waals surface area contributed by atoms with Crippen LogP contribution in [0.4, 0.5) is 0 Å². The predicted molar refractivity (Wildman–Crippen MR) is 166 cm³/mol. The van der Waals surface area contributed by atoms with Gasteiger partial charge in [0, 0.05) is 37.2 Å². The Kier molecular flexibility index (Phi) is 14.1. The van der Waals surface area contributed by atoms with Crippen LogP contribution < -0.4 is 0 Å². The van der Waals surface area contributed by atoms with Crippen molar-refractivity contribution in [2.45, 2.75) is 117 Å². The van der Waals surface area contributed by atoms with Crippen molar-refractivity contribution in [3.8, 4) is 0 Å². The summed E-state index contributed by atoms with van der Waals surface area (Å²) in [5.74, 6) is -4.46. The average molecular weight is 609 g/mol. The van der Waals surface area contributed by atoms with E-state index in [9.17, 15) is 25.2 Å². The van der Waals surface area contributed by atoms with Crippen LogP contribution in [0.5, 0.6) is 0 Å². The first-order valence-corrected chi connectivity index (χ1v) is 15.6. The number of ether oxygens (including phenoxy) is 4. The molecule has 0 aromatic carbocycles. The van der Waals surface area contributed by atoms with E-state index in [0.717, 1.165) is 11.1 Å². The van der Waals surface area contributed by atoms with Crippen molar-refractivity contribution in [3.05, 3.63) is 47.3 Å². The number of hydrogen-bond acceptors (Lipinski definition) is 9. The van der Waals surface area contributed by atoms with Crippen LogP contribution in [0.1, 0.15) is 74.7 Å². The molecule has 2 heterocycles. The lowest BCUT2D eigenvalue weighted by atomic mass is 9.77. The van der Waals surface area contributed by atoms with Gasteiger partial charge in [0.05, 0.1) is 31.5 Å². The second-order valence-corrected chi connectivity index (χ2v) is 12.8. The molecule has 0 radical (unpaired) electrons. The van der Waals surface area contributed by atoms with Crippen LogP contribution in [-0.2, 0) is 23.7 Å². The number of aliphatic hydroxyl groups excluding tert-OH is 3. The van der Waals surface area contributed by atoms with Gasteiger partial charge < -0.3 is 39.4 Å². The molecule has 9 nitrogen and oxygen atoms in total. The minimum Gasteiger partial charge on any atom is -0.490 e. The molecule has 0 amide bonds. The molecular weight excluding hydrogens is 552 g/mol. The first-order chi connectivity index (χ1) is 20.1. The van der Waals surface area contributed by atoms with Gasteiger partial charge in [0.25, 0.3) is 0 Å². The zero-order valence-electron chi connectivity index (χ0n) is 27.7. The molecule has 2 aliphatic rings. The Labute approximate surface area is 258 Å². The van der Waals surface area contributed by atoms with Crippen LogP contribution in [0.15, 0.2) is 47.3 Å². The fraction of sp³-hybridized carbons (Fsp3) is 0.735. The second-order valence-electron chi connectivity index (χ2n) is 12.8. The molecule has 0 bridgehead atoms. The summed E-state index contributed by atoms with van der Waals surface area (Å²) < 4.78 is 23.2. The van der Waals surface area contributed by atoms with Crippen molar-refractivity contribution in [1.82, 2.24) is 0 Å². The van der Waals surface area contributed by atoms with E-state index in [1.807, 2.05) is 59.8 Å². The molecule has 43 heavy (non-hydrogen) atoms. The highest BCUT2D eigenvalue weighted by atomic mass is 16.6. The molecule has 12 atom stereocenters. The number of carbonyl (C=O) groups excluding carboxylic acids is 1. The van der Waals surface area contributed by atoms with E-state index in [0.29, 0.717) is 12.8 Å². The smallest absolute Gasteiger partial charge is 0.373 e. The summed E-state index contributed by atoms with van der Waals surface area (Å²) in [4.78, 5) is 13.5. The van der Waals surface area contributed by atoms with Crippen LogP contribution in [0, 0.1) is 29.6 Å². The van der Waals surface area contributed by atoms with E-state index in [-0.39, 0.29) is 36.0 Å². The van der Waals surface area contributed by atoms with E-state index < -0.39 is 54.1 Å². The third-order valence-electron chi connectivity index (χ3n) is 9.33. The van der Waals surface area contributed by atoms with Gasteiger partial charge in [-0.05, 0) is 38.7 Å². The average Bonchev–Trinajstić information content (AvgIpc) is 2.96. The van der Waals surface area contributed by atoms with Crippen LogP contribution in [0.2, 0.25) is 0 Å². The SMILES string of the molecule is CCC1OC(O)(C(C)C(O)C(C)C2OC(=O)C(OC)=CC(C)=CC(C)C(O)C(C)CC(C)=CC=CC2OC)CC(O)C1C. The van der Waals surface area contributed by atoms with E-state index >= 15 is 0 Å². The minimum atomic E-state index is -1.78. The van der Waals surface area contributed by atoms with Gasteiger partial charge in [-0.15, -0.1) is 0 Å². The number of methoxy groups -OCH3 is 2. The van der Waals surface area contributed by atoms with Gasteiger partial charge >= 0.3 is 5.97 Å². The fourth-order valence-corrected chi connectivity index (χ4v) is 6.31. The van der Waals surface area contributed by atoms with Crippen LogP contribution >= 0.6 is 0 Å². The lowest BCUT2D eigenvalue weighted by molar-refractivity contribution is -0.322. The number of cyclic esters (lactones) is 1. The highest BCUT2D eigenvalue weighted by molar-refractivity contribution is 5.87. The third-order valence-corrected chi connectivity index (χ3v) is 9.33. The highest BCUT2D eigenvalue weighted by Crippen LogP contribution is 2.40. The van der Waals surface area contributed by atoms with Gasteiger partial charge in [0.15, 0.2) is 5.79 Å². The number of rotatable bonds is 7. The van der Waals surface area contributed by atoms with E-state index in [2.05, 4.69) is 0 Å². The van der Waals surface area contributed by atoms with Gasteiger partial charge in [-0.3, -0.25) is 0 Å². The summed E-state index contributed by atoms with van der Waals surface area (Å²) in [6.07, 6.45) is 5.52. The first kappa shape index (κ1) is 37.2. The summed E-state index contributed by atoms with van der Waals surface area (Å²) in [5, 5.41) is 44.7. The molecule has 12 unspecified atom stereocenters. The molecule has 2 aliphatic heterocycles. The molecule has 1 fully saturated rings. The lowest BCUT2D eigenvalue weighted by Gasteiger charge is -2.48. The fourth-order valence-electron chi connectivity index (χ4n) is 6.31. The Morgan fingerprint density at radius 2 is 1.79 bits per heavy atom. The quantitative estimate of drug-likeness (QED) is 0.309. The summed E-state index contributed by atoms with van der Waals surface area (Å²) in [6, 6.07) is 0. The van der Waals surface area contributed by atoms with Crippen molar-refractivity contribution in [3.63, 3.8) is 0 Å². The Balaban J connectivity index is 2.51. The summed E-state index contributed by atoms with van der Waals surface area (Å²) in [7, 11) is 2.87.